The Hall–Kier alpha value is -6.44. The van der Waals surface area contributed by atoms with Crippen molar-refractivity contribution in [2.75, 3.05) is 4.90 Å². The van der Waals surface area contributed by atoms with Crippen molar-refractivity contribution in [1.82, 2.24) is 0 Å². The average molecular weight is 666 g/mol. The van der Waals surface area contributed by atoms with Crippen LogP contribution in [0.4, 0.5) is 17.1 Å². The van der Waals surface area contributed by atoms with E-state index in [0.29, 0.717) is 0 Å². The molecule has 1 nitrogen and oxygen atoms in total. The molecule has 8 aromatic rings. The van der Waals surface area contributed by atoms with Gasteiger partial charge in [0.25, 0.3) is 0 Å². The van der Waals surface area contributed by atoms with Gasteiger partial charge in [-0.05, 0) is 115 Å². The smallest absolute Gasteiger partial charge is 0.0467 e. The van der Waals surface area contributed by atoms with Crippen molar-refractivity contribution in [3.8, 4) is 55.6 Å². The van der Waals surface area contributed by atoms with Gasteiger partial charge in [0.05, 0.1) is 0 Å². The summed E-state index contributed by atoms with van der Waals surface area (Å²) in [5, 5.41) is 0. The molecule has 1 heteroatoms. The van der Waals surface area contributed by atoms with Crippen LogP contribution >= 0.6 is 0 Å². The van der Waals surface area contributed by atoms with Crippen molar-refractivity contribution >= 4 is 17.1 Å². The summed E-state index contributed by atoms with van der Waals surface area (Å²) in [6.07, 6.45) is 0. The summed E-state index contributed by atoms with van der Waals surface area (Å²) in [4.78, 5) is 2.41. The molecule has 0 atom stereocenters. The highest BCUT2D eigenvalue weighted by Gasteiger charge is 2.38. The number of benzene rings is 8. The van der Waals surface area contributed by atoms with Crippen LogP contribution in [0.2, 0.25) is 0 Å². The lowest BCUT2D eigenvalue weighted by atomic mass is 9.78. The Balaban J connectivity index is 1.21. The van der Waals surface area contributed by atoms with Crippen molar-refractivity contribution in [3.05, 3.63) is 211 Å². The maximum absolute atomic E-state index is 2.44. The molecule has 0 amide bonds. The summed E-state index contributed by atoms with van der Waals surface area (Å²) in [5.41, 5.74) is 18.3. The normalized spacial score (nSPS) is 12.6. The molecule has 0 N–H and O–H groups in total. The second kappa shape index (κ2) is 13.0. The standard InChI is InChI=1S/C51H39N/c1-51(2)49-35-45(30-31-46(49)48-34-42(38-20-11-5-12-21-38)33-47(50(48)51)40-22-13-6-14-23-40)52(43-28-26-39(27-29-43)36-16-7-3-8-17-36)44-25-15-24-41(32-44)37-18-9-4-10-19-37/h3-35H,1-2H3. The fourth-order valence-corrected chi connectivity index (χ4v) is 8.06. The molecule has 1 aliphatic carbocycles. The number of hydrogen-bond acceptors (Lipinski definition) is 1. The minimum absolute atomic E-state index is 0.226. The van der Waals surface area contributed by atoms with Crippen molar-refractivity contribution < 1.29 is 0 Å². The predicted octanol–water partition coefficient (Wildman–Crippen LogP) is 14.1. The van der Waals surface area contributed by atoms with Gasteiger partial charge >= 0.3 is 0 Å². The van der Waals surface area contributed by atoms with Crippen LogP contribution in [0.1, 0.15) is 25.0 Å². The maximum Gasteiger partial charge on any atom is 0.0467 e. The van der Waals surface area contributed by atoms with Crippen molar-refractivity contribution in [2.24, 2.45) is 0 Å². The van der Waals surface area contributed by atoms with E-state index in [1.54, 1.807) is 0 Å². The topological polar surface area (TPSA) is 3.24 Å². The van der Waals surface area contributed by atoms with Crippen LogP contribution in [0.15, 0.2) is 200 Å². The van der Waals surface area contributed by atoms with Gasteiger partial charge in [0, 0.05) is 22.5 Å². The highest BCUT2D eigenvalue weighted by Crippen LogP contribution is 2.55. The van der Waals surface area contributed by atoms with Crippen LogP contribution in [0.5, 0.6) is 0 Å². The Bertz CT molecular complexity index is 2500. The monoisotopic (exact) mass is 665 g/mol. The zero-order valence-electron chi connectivity index (χ0n) is 29.5. The van der Waals surface area contributed by atoms with E-state index in [1.165, 1.54) is 66.8 Å². The van der Waals surface area contributed by atoms with E-state index < -0.39 is 0 Å². The number of fused-ring (bicyclic) bond motifs is 3. The lowest BCUT2D eigenvalue weighted by Gasteiger charge is -2.29. The summed E-state index contributed by atoms with van der Waals surface area (Å²) in [7, 11) is 0. The van der Waals surface area contributed by atoms with Crippen molar-refractivity contribution in [2.45, 2.75) is 19.3 Å². The van der Waals surface area contributed by atoms with Crippen LogP contribution in [0, 0.1) is 0 Å². The van der Waals surface area contributed by atoms with Crippen LogP contribution in [-0.4, -0.2) is 0 Å². The minimum atomic E-state index is -0.226. The lowest BCUT2D eigenvalue weighted by molar-refractivity contribution is 0.662. The zero-order chi connectivity index (χ0) is 35.1. The third-order valence-corrected chi connectivity index (χ3v) is 10.6. The SMILES string of the molecule is CC1(C)c2cc(N(c3ccc(-c4ccccc4)cc3)c3cccc(-c4ccccc4)c3)ccc2-c2cc(-c3ccccc3)cc(-c3ccccc3)c21. The second-order valence-corrected chi connectivity index (χ2v) is 14.2. The molecule has 0 heterocycles. The first kappa shape index (κ1) is 31.5. The fourth-order valence-electron chi connectivity index (χ4n) is 8.06. The van der Waals surface area contributed by atoms with Gasteiger partial charge in [-0.15, -0.1) is 0 Å². The van der Waals surface area contributed by atoms with Crippen molar-refractivity contribution in [3.63, 3.8) is 0 Å². The zero-order valence-corrected chi connectivity index (χ0v) is 29.5. The van der Waals surface area contributed by atoms with Crippen LogP contribution in [-0.2, 0) is 5.41 Å². The Labute approximate surface area is 307 Å². The fraction of sp³-hybridized carbons (Fsp3) is 0.0588. The third kappa shape index (κ3) is 5.61. The van der Waals surface area contributed by atoms with Crippen molar-refractivity contribution in [1.29, 1.82) is 0 Å². The average Bonchev–Trinajstić information content (AvgIpc) is 3.44. The molecule has 0 fully saturated rings. The molecule has 9 rings (SSSR count). The van der Waals surface area contributed by atoms with Crippen LogP contribution < -0.4 is 4.90 Å². The van der Waals surface area contributed by atoms with Gasteiger partial charge in [-0.3, -0.25) is 0 Å². The first-order valence-electron chi connectivity index (χ1n) is 18.1. The highest BCUT2D eigenvalue weighted by molar-refractivity contribution is 5.94. The molecule has 0 unspecified atom stereocenters. The summed E-state index contributed by atoms with van der Waals surface area (Å²) in [6, 6.07) is 72.7. The number of anilines is 3. The molecule has 0 radical (unpaired) electrons. The summed E-state index contributed by atoms with van der Waals surface area (Å²) < 4.78 is 0. The molecule has 0 saturated carbocycles. The molecule has 8 aromatic carbocycles. The molecule has 0 spiro atoms. The number of rotatable bonds is 7. The molecule has 248 valence electrons. The quantitative estimate of drug-likeness (QED) is 0.164. The van der Waals surface area contributed by atoms with Gasteiger partial charge in [0.15, 0.2) is 0 Å². The molecule has 52 heavy (non-hydrogen) atoms. The summed E-state index contributed by atoms with van der Waals surface area (Å²) in [6.45, 7) is 4.79. The Kier molecular flexibility index (Phi) is 7.90. The molecule has 0 saturated heterocycles. The molecular weight excluding hydrogens is 627 g/mol. The van der Waals surface area contributed by atoms with Gasteiger partial charge < -0.3 is 4.90 Å². The van der Waals surface area contributed by atoms with E-state index in [-0.39, 0.29) is 5.41 Å². The van der Waals surface area contributed by atoms with E-state index >= 15 is 0 Å². The van der Waals surface area contributed by atoms with E-state index in [2.05, 4.69) is 219 Å². The van der Waals surface area contributed by atoms with Gasteiger partial charge in [0.2, 0.25) is 0 Å². The van der Waals surface area contributed by atoms with Crippen LogP contribution in [0.3, 0.4) is 0 Å². The first-order chi connectivity index (χ1) is 25.5. The molecule has 0 bridgehead atoms. The largest absolute Gasteiger partial charge is 0.310 e. The maximum atomic E-state index is 2.44. The lowest BCUT2D eigenvalue weighted by Crippen LogP contribution is -2.17. The first-order valence-corrected chi connectivity index (χ1v) is 18.1. The van der Waals surface area contributed by atoms with Gasteiger partial charge in [-0.1, -0.05) is 166 Å². The van der Waals surface area contributed by atoms with E-state index in [0.717, 1.165) is 17.1 Å². The van der Waals surface area contributed by atoms with E-state index in [9.17, 15) is 0 Å². The number of hydrogen-bond donors (Lipinski definition) is 0. The Morgan fingerprint density at radius 3 is 1.38 bits per heavy atom. The van der Waals surface area contributed by atoms with Gasteiger partial charge in [-0.25, -0.2) is 0 Å². The van der Waals surface area contributed by atoms with Gasteiger partial charge in [0.1, 0.15) is 0 Å². The molecular formula is C51H39N. The third-order valence-electron chi connectivity index (χ3n) is 10.6. The molecule has 0 aliphatic heterocycles. The molecule has 0 aromatic heterocycles. The second-order valence-electron chi connectivity index (χ2n) is 14.2. The minimum Gasteiger partial charge on any atom is -0.310 e. The highest BCUT2D eigenvalue weighted by atomic mass is 15.1. The number of nitrogens with zero attached hydrogens (tertiary/aromatic N) is 1. The van der Waals surface area contributed by atoms with Gasteiger partial charge in [-0.2, -0.15) is 0 Å². The van der Waals surface area contributed by atoms with E-state index in [1.807, 2.05) is 0 Å². The van der Waals surface area contributed by atoms with Crippen LogP contribution in [0.25, 0.3) is 55.6 Å². The summed E-state index contributed by atoms with van der Waals surface area (Å²) in [5.74, 6) is 0. The molecule has 1 aliphatic rings. The Morgan fingerprint density at radius 2 is 0.769 bits per heavy atom. The van der Waals surface area contributed by atoms with E-state index in [4.69, 9.17) is 0 Å². The Morgan fingerprint density at radius 1 is 0.308 bits per heavy atom. The predicted molar refractivity (Wildman–Crippen MR) is 220 cm³/mol. The summed E-state index contributed by atoms with van der Waals surface area (Å²) >= 11 is 0.